The zero-order valence-electron chi connectivity index (χ0n) is 19.0. The van der Waals surface area contributed by atoms with Crippen LogP contribution in [-0.4, -0.2) is 81.6 Å². The number of fused-ring (bicyclic) bond motifs is 1. The topological polar surface area (TPSA) is 146 Å². The predicted molar refractivity (Wildman–Crippen MR) is 116 cm³/mol. The van der Waals surface area contributed by atoms with E-state index in [-0.39, 0.29) is 11.1 Å². The molecule has 1 N–H and O–H groups in total. The third kappa shape index (κ3) is 4.65. The maximum absolute atomic E-state index is 13.3. The molecule has 0 saturated carbocycles. The van der Waals surface area contributed by atoms with Crippen molar-refractivity contribution in [2.45, 2.75) is 57.2 Å². The summed E-state index contributed by atoms with van der Waals surface area (Å²) < 4.78 is 21.7. The number of nitrogens with zero attached hydrogens (tertiary/aromatic N) is 1. The first-order valence-electron chi connectivity index (χ1n) is 10.5. The molecule has 2 heterocycles. The van der Waals surface area contributed by atoms with E-state index in [0.717, 1.165) is 25.6 Å². The molecular weight excluding hydrogens is 470 g/mol. The molecule has 1 fully saturated rings. The number of hydrogen-bond donors (Lipinski definition) is 1. The van der Waals surface area contributed by atoms with Crippen molar-refractivity contribution >= 4 is 41.5 Å². The van der Waals surface area contributed by atoms with Gasteiger partial charge in [0.2, 0.25) is 5.72 Å². The first kappa shape index (κ1) is 25.7. The van der Waals surface area contributed by atoms with Crippen molar-refractivity contribution in [3.05, 3.63) is 35.4 Å². The molecule has 2 aliphatic rings. The number of imide groups is 1. The van der Waals surface area contributed by atoms with Crippen LogP contribution in [0.3, 0.4) is 0 Å². The molecule has 0 aliphatic carbocycles. The predicted octanol–water partition coefficient (Wildman–Crippen LogP) is 0.876. The number of aliphatic hydroxyl groups is 1. The Balaban J connectivity index is 2.15. The van der Waals surface area contributed by atoms with E-state index in [4.69, 9.17) is 18.9 Å². The van der Waals surface area contributed by atoms with Crippen molar-refractivity contribution in [3.8, 4) is 0 Å². The number of thioether (sulfide) groups is 1. The third-order valence-corrected chi connectivity index (χ3v) is 6.34. The van der Waals surface area contributed by atoms with Gasteiger partial charge in [0.1, 0.15) is 12.7 Å². The minimum absolute atomic E-state index is 0.0498. The number of carbonyl (C=O) groups excluding carboxylic acids is 5. The molecule has 0 spiro atoms. The number of benzene rings is 1. The van der Waals surface area contributed by atoms with Crippen molar-refractivity contribution < 1.29 is 48.0 Å². The molecule has 12 heteroatoms. The fourth-order valence-electron chi connectivity index (χ4n) is 3.96. The highest BCUT2D eigenvalue weighted by Crippen LogP contribution is 2.44. The summed E-state index contributed by atoms with van der Waals surface area (Å²) in [6.07, 6.45) is -4.42. The molecular formula is C22H25NO10S. The van der Waals surface area contributed by atoms with Gasteiger partial charge in [-0.2, -0.15) is 0 Å². The summed E-state index contributed by atoms with van der Waals surface area (Å²) in [5.41, 5.74) is -3.80. The summed E-state index contributed by atoms with van der Waals surface area (Å²) in [6, 6.07) is 5.98. The molecule has 1 aromatic carbocycles. The third-order valence-electron chi connectivity index (χ3n) is 5.25. The van der Waals surface area contributed by atoms with Gasteiger partial charge in [0.15, 0.2) is 17.6 Å². The highest BCUT2D eigenvalue weighted by Gasteiger charge is 2.66. The molecule has 34 heavy (non-hydrogen) atoms. The van der Waals surface area contributed by atoms with E-state index in [9.17, 15) is 29.1 Å². The Kier molecular flexibility index (Phi) is 7.64. The molecule has 2 aliphatic heterocycles. The smallest absolute Gasteiger partial charge is 0.303 e. The van der Waals surface area contributed by atoms with Gasteiger partial charge in [-0.25, -0.2) is 4.90 Å². The summed E-state index contributed by atoms with van der Waals surface area (Å²) in [4.78, 5) is 62.5. The second kappa shape index (κ2) is 10.1. The van der Waals surface area contributed by atoms with Crippen LogP contribution < -0.4 is 0 Å². The van der Waals surface area contributed by atoms with E-state index >= 15 is 0 Å². The van der Waals surface area contributed by atoms with Gasteiger partial charge in [0, 0.05) is 20.8 Å². The number of carbonyl (C=O) groups is 5. The van der Waals surface area contributed by atoms with Crippen molar-refractivity contribution in [1.29, 1.82) is 0 Å². The second-order valence-corrected chi connectivity index (χ2v) is 8.98. The summed E-state index contributed by atoms with van der Waals surface area (Å²) in [5.74, 6) is -3.62. The number of rotatable bonds is 7. The Morgan fingerprint density at radius 2 is 1.59 bits per heavy atom. The van der Waals surface area contributed by atoms with Crippen molar-refractivity contribution in [3.63, 3.8) is 0 Å². The molecule has 0 radical (unpaired) electrons. The molecule has 0 aromatic heterocycles. The van der Waals surface area contributed by atoms with Crippen LogP contribution in [0, 0.1) is 0 Å². The van der Waals surface area contributed by atoms with Crippen LogP contribution in [0.2, 0.25) is 0 Å². The molecule has 1 saturated heterocycles. The lowest BCUT2D eigenvalue weighted by molar-refractivity contribution is -0.289. The summed E-state index contributed by atoms with van der Waals surface area (Å²) >= 11 is 1.03. The maximum atomic E-state index is 13.3. The highest BCUT2D eigenvalue weighted by atomic mass is 32.2. The van der Waals surface area contributed by atoms with E-state index in [1.165, 1.54) is 19.1 Å². The van der Waals surface area contributed by atoms with Crippen molar-refractivity contribution in [1.82, 2.24) is 4.90 Å². The molecule has 5 atom stereocenters. The van der Waals surface area contributed by atoms with Gasteiger partial charge in [0.05, 0.1) is 11.1 Å². The molecule has 11 nitrogen and oxygen atoms in total. The number of hydrogen-bond acceptors (Lipinski definition) is 11. The van der Waals surface area contributed by atoms with E-state index in [1.807, 2.05) is 0 Å². The SMILES string of the molecule is CCS[C@@H]1O[C@H](COC(C)=O)[C@@H](OC(C)=O)[C@H](OC(C)=O)[C@]1(O)N1C(=O)c2ccccc2C1=O. The highest BCUT2D eigenvalue weighted by molar-refractivity contribution is 7.99. The standard InChI is InChI=1S/C22H25NO10S/c1-5-34-21-22(29,23-19(27)14-8-6-7-9-15(14)20(23)28)18(32-13(4)26)17(31-12(3)25)16(33-21)10-30-11(2)24/h6-9,16-18,21,29H,5,10H2,1-4H3/t16-,17-,18+,21+,22-/m1/s1. The first-order chi connectivity index (χ1) is 16.0. The van der Waals surface area contributed by atoms with E-state index < -0.39 is 65.8 Å². The van der Waals surface area contributed by atoms with Gasteiger partial charge < -0.3 is 24.1 Å². The lowest BCUT2D eigenvalue weighted by Crippen LogP contribution is -2.74. The van der Waals surface area contributed by atoms with Gasteiger partial charge in [-0.3, -0.25) is 24.0 Å². The summed E-state index contributed by atoms with van der Waals surface area (Å²) in [7, 11) is 0. The van der Waals surface area contributed by atoms with Crippen LogP contribution in [0.15, 0.2) is 24.3 Å². The monoisotopic (exact) mass is 495 g/mol. The van der Waals surface area contributed by atoms with Crippen LogP contribution >= 0.6 is 11.8 Å². The van der Waals surface area contributed by atoms with Crippen molar-refractivity contribution in [2.24, 2.45) is 0 Å². The van der Waals surface area contributed by atoms with Gasteiger partial charge in [-0.15, -0.1) is 11.8 Å². The van der Waals surface area contributed by atoms with E-state index in [0.29, 0.717) is 10.7 Å². The Labute approximate surface area is 199 Å². The van der Waals surface area contributed by atoms with Gasteiger partial charge in [-0.1, -0.05) is 19.1 Å². The van der Waals surface area contributed by atoms with Gasteiger partial charge >= 0.3 is 17.9 Å². The van der Waals surface area contributed by atoms with Crippen LogP contribution in [0.1, 0.15) is 48.4 Å². The average Bonchev–Trinajstić information content (AvgIpc) is 3.02. The zero-order valence-corrected chi connectivity index (χ0v) is 19.8. The molecule has 3 rings (SSSR count). The van der Waals surface area contributed by atoms with Crippen LogP contribution in [0.5, 0.6) is 0 Å². The Bertz CT molecular complexity index is 978. The maximum Gasteiger partial charge on any atom is 0.303 e. The van der Waals surface area contributed by atoms with Gasteiger partial charge in [-0.05, 0) is 17.9 Å². The van der Waals surface area contributed by atoms with Crippen LogP contribution in [-0.2, 0) is 33.3 Å². The molecule has 0 unspecified atom stereocenters. The first-order valence-corrected chi connectivity index (χ1v) is 11.5. The lowest BCUT2D eigenvalue weighted by Gasteiger charge is -2.52. The minimum atomic E-state index is -2.56. The fourth-order valence-corrected chi connectivity index (χ4v) is 4.97. The Morgan fingerprint density at radius 3 is 2.06 bits per heavy atom. The summed E-state index contributed by atoms with van der Waals surface area (Å²) in [5, 5.41) is 12.0. The van der Waals surface area contributed by atoms with Crippen molar-refractivity contribution in [2.75, 3.05) is 12.4 Å². The number of esters is 3. The Morgan fingerprint density at radius 1 is 1.03 bits per heavy atom. The normalized spacial score (nSPS) is 28.3. The largest absolute Gasteiger partial charge is 0.463 e. The average molecular weight is 496 g/mol. The van der Waals surface area contributed by atoms with Crippen LogP contribution in [0.25, 0.3) is 0 Å². The second-order valence-electron chi connectivity index (χ2n) is 7.64. The zero-order chi connectivity index (χ0) is 25.2. The molecule has 0 bridgehead atoms. The fraction of sp³-hybridized carbons (Fsp3) is 0.500. The molecule has 1 aromatic rings. The van der Waals surface area contributed by atoms with Crippen LogP contribution in [0.4, 0.5) is 0 Å². The molecule has 2 amide bonds. The minimum Gasteiger partial charge on any atom is -0.463 e. The van der Waals surface area contributed by atoms with E-state index in [1.54, 1.807) is 19.1 Å². The quantitative estimate of drug-likeness (QED) is 0.327. The number of ether oxygens (including phenoxy) is 4. The van der Waals surface area contributed by atoms with Gasteiger partial charge in [0.25, 0.3) is 11.8 Å². The molecule has 184 valence electrons. The lowest BCUT2D eigenvalue weighted by atomic mass is 9.92. The van der Waals surface area contributed by atoms with E-state index in [2.05, 4.69) is 0 Å². The Hall–Kier alpha value is -2.96. The summed E-state index contributed by atoms with van der Waals surface area (Å²) in [6.45, 7) is 4.66. The number of amides is 2.